The zero-order valence-corrected chi connectivity index (χ0v) is 29.2. The Morgan fingerprint density at radius 3 is 1.57 bits per heavy atom. The monoisotopic (exact) mass is 686 g/mol. The lowest BCUT2D eigenvalue weighted by molar-refractivity contribution is -0.140. The molecule has 4 heterocycles. The number of halogens is 1. The van der Waals surface area contributed by atoms with Gasteiger partial charge in [-0.15, -0.1) is 0 Å². The minimum absolute atomic E-state index is 0.237. The number of hydrogen-bond donors (Lipinski definition) is 1. The van der Waals surface area contributed by atoms with Crippen molar-refractivity contribution in [2.24, 2.45) is 0 Å². The van der Waals surface area contributed by atoms with Crippen LogP contribution in [0.2, 0.25) is 5.15 Å². The average Bonchev–Trinajstić information content (AvgIpc) is 3.15. The van der Waals surface area contributed by atoms with Gasteiger partial charge < -0.3 is 19.7 Å². The van der Waals surface area contributed by atoms with Crippen molar-refractivity contribution in [3.63, 3.8) is 0 Å². The molecular weight excluding hydrogens is 640 g/mol. The number of benzene rings is 2. The lowest BCUT2D eigenvalue weighted by atomic mass is 10.2. The zero-order chi connectivity index (χ0) is 34.7. The number of pyridine rings is 2. The van der Waals surface area contributed by atoms with Gasteiger partial charge >= 0.3 is 11.9 Å². The number of nitrogens with zero attached hydrogens (tertiary/aromatic N) is 5. The summed E-state index contributed by atoms with van der Waals surface area (Å²) in [5.74, 6) is 0.459. The molecule has 1 N–H and O–H groups in total. The molecule has 260 valence electrons. The highest BCUT2D eigenvalue weighted by atomic mass is 35.5. The summed E-state index contributed by atoms with van der Waals surface area (Å²) in [5.41, 5.74) is 4.46. The molecule has 0 unspecified atom stereocenters. The van der Waals surface area contributed by atoms with Gasteiger partial charge in [-0.05, 0) is 34.4 Å². The topological polar surface area (TPSA) is 100 Å². The highest BCUT2D eigenvalue weighted by Gasteiger charge is 2.18. The quantitative estimate of drug-likeness (QED) is 0.198. The van der Waals surface area contributed by atoms with Crippen molar-refractivity contribution in [1.29, 1.82) is 0 Å². The predicted molar refractivity (Wildman–Crippen MR) is 193 cm³/mol. The summed E-state index contributed by atoms with van der Waals surface area (Å²) in [5, 5.41) is 3.78. The van der Waals surface area contributed by atoms with Crippen LogP contribution in [0.4, 0.5) is 5.82 Å². The van der Waals surface area contributed by atoms with E-state index in [-0.39, 0.29) is 24.8 Å². The van der Waals surface area contributed by atoms with Crippen LogP contribution in [0.25, 0.3) is 0 Å². The summed E-state index contributed by atoms with van der Waals surface area (Å²) in [4.78, 5) is 37.7. The van der Waals surface area contributed by atoms with Gasteiger partial charge in [0.25, 0.3) is 0 Å². The van der Waals surface area contributed by atoms with Gasteiger partial charge in [-0.3, -0.25) is 19.4 Å². The number of piperazine rings is 2. The molecule has 0 atom stereocenters. The largest absolute Gasteiger partial charge is 0.469 e. The normalized spacial score (nSPS) is 14.8. The first-order valence-corrected chi connectivity index (χ1v) is 17.0. The Kier molecular flexibility index (Phi) is 16.0. The lowest BCUT2D eigenvalue weighted by Crippen LogP contribution is -2.46. The third-order valence-corrected chi connectivity index (χ3v) is 8.38. The molecule has 2 aliphatic rings. The molecule has 2 saturated heterocycles. The minimum atomic E-state index is -0.279. The van der Waals surface area contributed by atoms with Crippen LogP contribution < -0.4 is 10.2 Å². The van der Waals surface area contributed by atoms with Gasteiger partial charge in [-0.2, -0.15) is 0 Å². The second-order valence-electron chi connectivity index (χ2n) is 11.8. The van der Waals surface area contributed by atoms with Crippen LogP contribution >= 0.6 is 11.6 Å². The maximum atomic E-state index is 11.3. The molecular formula is C38H47ClN6O4. The summed E-state index contributed by atoms with van der Waals surface area (Å²) in [6, 6.07) is 28.6. The number of hydrogen-bond acceptors (Lipinski definition) is 10. The van der Waals surface area contributed by atoms with E-state index >= 15 is 0 Å². The van der Waals surface area contributed by atoms with Crippen LogP contribution in [0.5, 0.6) is 0 Å². The molecule has 0 aliphatic carbocycles. The number of aromatic nitrogens is 2. The molecule has 0 radical (unpaired) electrons. The Morgan fingerprint density at radius 1 is 0.633 bits per heavy atom. The number of anilines is 1. The van der Waals surface area contributed by atoms with Crippen LogP contribution in [0, 0.1) is 0 Å². The third kappa shape index (κ3) is 14.0. The molecule has 4 aromatic rings. The van der Waals surface area contributed by atoms with E-state index in [9.17, 15) is 9.59 Å². The van der Waals surface area contributed by atoms with E-state index in [1.807, 2.05) is 12.1 Å². The summed E-state index contributed by atoms with van der Waals surface area (Å²) >= 11 is 5.55. The van der Waals surface area contributed by atoms with Gasteiger partial charge in [0.1, 0.15) is 11.0 Å². The standard InChI is InChI=1S/C19H23N3O2.C11H16N2.C8H8ClNO2/c1-24-19(23)13-17-7-8-18(20-14-17)22-11-9-21(10-12-22)15-16-5-3-2-4-6-16;1-2-4-11(5-3-1)10-13-8-6-12-7-9-13;1-12-8(11)4-6-2-3-7(9)10-5-6/h2-8,14H,9-13,15H2,1H3;1-5,12H,6-10H2;2-3,5H,4H2,1H3. The molecule has 0 spiro atoms. The SMILES string of the molecule is COC(=O)Cc1ccc(Cl)nc1.COC(=O)Cc1ccc(N2CCN(Cc3ccccc3)CC2)nc1.c1ccc(CN2CCNCC2)cc1. The van der Waals surface area contributed by atoms with Crippen molar-refractivity contribution >= 4 is 29.4 Å². The second-order valence-corrected chi connectivity index (χ2v) is 12.2. The van der Waals surface area contributed by atoms with E-state index in [0.717, 1.165) is 69.3 Å². The average molecular weight is 687 g/mol. The van der Waals surface area contributed by atoms with Gasteiger partial charge in [0.2, 0.25) is 0 Å². The Balaban J connectivity index is 0.000000182. The van der Waals surface area contributed by atoms with E-state index in [0.29, 0.717) is 5.15 Å². The Hall–Kier alpha value is -4.35. The minimum Gasteiger partial charge on any atom is -0.469 e. The number of nitrogens with one attached hydrogen (secondary N) is 1. The van der Waals surface area contributed by atoms with Crippen molar-refractivity contribution in [3.8, 4) is 0 Å². The number of ether oxygens (including phenoxy) is 2. The first kappa shape index (κ1) is 37.5. The van der Waals surface area contributed by atoms with Crippen LogP contribution in [0.15, 0.2) is 97.3 Å². The number of esters is 2. The highest BCUT2D eigenvalue weighted by Crippen LogP contribution is 2.16. The molecule has 2 aliphatic heterocycles. The number of carbonyl (C=O) groups is 2. The van der Waals surface area contributed by atoms with Crippen LogP contribution in [0.3, 0.4) is 0 Å². The van der Waals surface area contributed by atoms with Gasteiger partial charge in [0, 0.05) is 77.8 Å². The molecule has 49 heavy (non-hydrogen) atoms. The van der Waals surface area contributed by atoms with Gasteiger partial charge in [0.15, 0.2) is 0 Å². The Labute approximate surface area is 295 Å². The molecule has 10 nitrogen and oxygen atoms in total. The first-order chi connectivity index (χ1) is 23.9. The predicted octanol–water partition coefficient (Wildman–Crippen LogP) is 4.66. The van der Waals surface area contributed by atoms with Crippen LogP contribution in [0.1, 0.15) is 22.3 Å². The molecule has 0 saturated carbocycles. The molecule has 6 rings (SSSR count). The maximum Gasteiger partial charge on any atom is 0.310 e. The highest BCUT2D eigenvalue weighted by molar-refractivity contribution is 6.29. The van der Waals surface area contributed by atoms with Crippen molar-refractivity contribution in [2.75, 3.05) is 71.5 Å². The fraction of sp³-hybridized carbons (Fsp3) is 0.368. The summed E-state index contributed by atoms with van der Waals surface area (Å²) in [6.45, 7) is 10.7. The molecule has 0 amide bonds. The molecule has 2 fully saturated rings. The van der Waals surface area contributed by atoms with Crippen molar-refractivity contribution in [2.45, 2.75) is 25.9 Å². The van der Waals surface area contributed by atoms with E-state index in [1.54, 1.807) is 24.5 Å². The summed E-state index contributed by atoms with van der Waals surface area (Å²) in [6.07, 6.45) is 3.83. The van der Waals surface area contributed by atoms with E-state index in [4.69, 9.17) is 11.6 Å². The second kappa shape index (κ2) is 20.9. The molecule has 0 bridgehead atoms. The summed E-state index contributed by atoms with van der Waals surface area (Å²) in [7, 11) is 2.75. The Bertz CT molecular complexity index is 1510. The third-order valence-electron chi connectivity index (χ3n) is 8.15. The Morgan fingerprint density at radius 2 is 1.12 bits per heavy atom. The van der Waals surface area contributed by atoms with Crippen LogP contribution in [-0.4, -0.2) is 98.3 Å². The fourth-order valence-corrected chi connectivity index (χ4v) is 5.50. The van der Waals surface area contributed by atoms with Gasteiger partial charge in [-0.25, -0.2) is 9.97 Å². The molecule has 2 aromatic carbocycles. The van der Waals surface area contributed by atoms with Gasteiger partial charge in [0.05, 0.1) is 27.1 Å². The van der Waals surface area contributed by atoms with Crippen molar-refractivity contribution < 1.29 is 19.1 Å². The lowest BCUT2D eigenvalue weighted by Gasteiger charge is -2.35. The molecule has 11 heteroatoms. The zero-order valence-electron chi connectivity index (χ0n) is 28.5. The summed E-state index contributed by atoms with van der Waals surface area (Å²) < 4.78 is 9.16. The van der Waals surface area contributed by atoms with Crippen molar-refractivity contribution in [3.05, 3.63) is 125 Å². The number of rotatable bonds is 9. The van der Waals surface area contributed by atoms with E-state index < -0.39 is 0 Å². The molecule has 2 aromatic heterocycles. The van der Waals surface area contributed by atoms with Crippen molar-refractivity contribution in [1.82, 2.24) is 25.1 Å². The van der Waals surface area contributed by atoms with Crippen LogP contribution in [-0.2, 0) is 45.0 Å². The van der Waals surface area contributed by atoms with E-state index in [2.05, 4.69) is 100 Å². The number of methoxy groups -OCH3 is 2. The number of carbonyl (C=O) groups excluding carboxylic acids is 2. The smallest absolute Gasteiger partial charge is 0.310 e. The first-order valence-electron chi connectivity index (χ1n) is 16.6. The van der Waals surface area contributed by atoms with E-state index in [1.165, 1.54) is 38.4 Å². The van der Waals surface area contributed by atoms with Gasteiger partial charge in [-0.1, -0.05) is 84.4 Å². The fourth-order valence-electron chi connectivity index (χ4n) is 5.38. The maximum absolute atomic E-state index is 11.3.